The largest absolute Gasteiger partial charge is 0.317 e. The number of aromatic nitrogens is 4. The first kappa shape index (κ1) is 7.14. The summed E-state index contributed by atoms with van der Waals surface area (Å²) in [5.74, 6) is 0. The van der Waals surface area contributed by atoms with Crippen LogP contribution in [-0.4, -0.2) is 33.7 Å². The van der Waals surface area contributed by atoms with Gasteiger partial charge in [0.2, 0.25) is 0 Å². The summed E-state index contributed by atoms with van der Waals surface area (Å²) in [6.07, 6.45) is 4.11. The van der Waals surface area contributed by atoms with E-state index in [1.165, 1.54) is 32.3 Å². The quantitative estimate of drug-likeness (QED) is 0.514. The second-order valence-electron chi connectivity index (χ2n) is 2.02. The molecule has 0 radical (unpaired) electrons. The lowest BCUT2D eigenvalue weighted by Crippen LogP contribution is -2.03. The average molecular weight is 141 g/mol. The van der Waals surface area contributed by atoms with Gasteiger partial charge in [0.05, 0.1) is 0 Å². The third kappa shape index (κ3) is 3.13. The van der Waals surface area contributed by atoms with Crippen molar-refractivity contribution < 1.29 is 0 Å². The van der Waals surface area contributed by atoms with Crippen LogP contribution < -0.4 is 5.32 Å². The first-order valence-electron chi connectivity index (χ1n) is 3.37. The molecule has 56 valence electrons. The molecule has 5 nitrogen and oxygen atoms in total. The van der Waals surface area contributed by atoms with Gasteiger partial charge < -0.3 is 5.32 Å². The summed E-state index contributed by atoms with van der Waals surface area (Å²) in [6, 6.07) is 0. The third-order valence-corrected chi connectivity index (χ3v) is 1.23. The lowest BCUT2D eigenvalue weighted by Gasteiger charge is -1.76. The first-order valence-corrected chi connectivity index (χ1v) is 3.37. The van der Waals surface area contributed by atoms with Crippen molar-refractivity contribution in [3.63, 3.8) is 0 Å². The monoisotopic (exact) mass is 141 g/mol. The maximum absolute atomic E-state index is 3.38. The van der Waals surface area contributed by atoms with Crippen LogP contribution in [0.1, 0.15) is 12.8 Å². The van der Waals surface area contributed by atoms with Crippen molar-refractivity contribution in [1.29, 1.82) is 0 Å². The highest BCUT2D eigenvalue weighted by atomic mass is 15.5. The molecule has 10 heavy (non-hydrogen) atoms. The molecule has 0 saturated carbocycles. The highest BCUT2D eigenvalue weighted by Crippen LogP contribution is 1.90. The second-order valence-corrected chi connectivity index (χ2v) is 2.02. The number of nitrogens with zero attached hydrogens (tertiary/aromatic N) is 3. The van der Waals surface area contributed by atoms with Crippen LogP contribution in [0.3, 0.4) is 0 Å². The second kappa shape index (κ2) is 4.87. The number of aromatic amines is 1. The van der Waals surface area contributed by atoms with Crippen molar-refractivity contribution in [1.82, 2.24) is 25.9 Å². The zero-order chi connectivity index (χ0) is 7.07. The fourth-order valence-electron chi connectivity index (χ4n) is 0.754. The summed E-state index contributed by atoms with van der Waals surface area (Å²) in [7, 11) is 0. The number of H-pyrrole nitrogens is 1. The lowest BCUT2D eigenvalue weighted by atomic mass is 10.4. The summed E-state index contributed by atoms with van der Waals surface area (Å²) < 4.78 is 0. The smallest absolute Gasteiger partial charge is 0.161 e. The number of hydrogen-bond donors (Lipinski definition) is 2. The Balaban J connectivity index is 0.0000001000. The molecule has 0 aromatic carbocycles. The maximum Gasteiger partial charge on any atom is 0.161 e. The fraction of sp³-hybridized carbons (Fsp3) is 0.800. The summed E-state index contributed by atoms with van der Waals surface area (Å²) in [5, 5.41) is 15.4. The molecule has 1 aromatic heterocycles. The normalized spacial score (nSPS) is 16.0. The average Bonchev–Trinajstić information content (AvgIpc) is 2.67. The van der Waals surface area contributed by atoms with Crippen molar-refractivity contribution in [2.75, 3.05) is 13.1 Å². The van der Waals surface area contributed by atoms with E-state index in [1.54, 1.807) is 0 Å². The van der Waals surface area contributed by atoms with Crippen molar-refractivity contribution in [2.24, 2.45) is 0 Å². The maximum atomic E-state index is 3.38. The Kier molecular flexibility index (Phi) is 3.48. The molecule has 0 amide bonds. The van der Waals surface area contributed by atoms with Gasteiger partial charge in [0, 0.05) is 0 Å². The van der Waals surface area contributed by atoms with E-state index in [-0.39, 0.29) is 0 Å². The fourth-order valence-corrected chi connectivity index (χ4v) is 0.754. The van der Waals surface area contributed by atoms with Crippen molar-refractivity contribution >= 4 is 0 Å². The number of hydrogen-bond acceptors (Lipinski definition) is 4. The third-order valence-electron chi connectivity index (χ3n) is 1.23. The highest BCUT2D eigenvalue weighted by Gasteiger charge is 1.93. The van der Waals surface area contributed by atoms with Gasteiger partial charge >= 0.3 is 0 Å². The molecule has 0 bridgehead atoms. The zero-order valence-electron chi connectivity index (χ0n) is 5.75. The van der Waals surface area contributed by atoms with Crippen LogP contribution in [0.15, 0.2) is 6.33 Å². The van der Waals surface area contributed by atoms with E-state index >= 15 is 0 Å². The van der Waals surface area contributed by atoms with E-state index in [0.717, 1.165) is 0 Å². The van der Waals surface area contributed by atoms with E-state index in [9.17, 15) is 0 Å². The van der Waals surface area contributed by atoms with Crippen LogP contribution in [0.4, 0.5) is 0 Å². The van der Waals surface area contributed by atoms with Gasteiger partial charge in [-0.15, -0.1) is 10.2 Å². The number of tetrazole rings is 1. The molecular weight excluding hydrogens is 130 g/mol. The Bertz CT molecular complexity index is 109. The van der Waals surface area contributed by atoms with E-state index in [4.69, 9.17) is 0 Å². The van der Waals surface area contributed by atoms with Crippen LogP contribution in [-0.2, 0) is 0 Å². The van der Waals surface area contributed by atoms with Gasteiger partial charge in [-0.2, -0.15) is 5.21 Å². The molecular formula is C5H11N5. The Morgan fingerprint density at radius 2 is 2.00 bits per heavy atom. The van der Waals surface area contributed by atoms with Crippen molar-refractivity contribution in [3.8, 4) is 0 Å². The molecule has 1 aromatic rings. The Morgan fingerprint density at radius 3 is 2.20 bits per heavy atom. The topological polar surface area (TPSA) is 66.5 Å². The van der Waals surface area contributed by atoms with Gasteiger partial charge in [-0.1, -0.05) is 5.21 Å². The van der Waals surface area contributed by atoms with Crippen LogP contribution in [0.25, 0.3) is 0 Å². The molecule has 5 heteroatoms. The highest BCUT2D eigenvalue weighted by molar-refractivity contribution is 4.55. The minimum absolute atomic E-state index is 1.25. The molecule has 2 N–H and O–H groups in total. The van der Waals surface area contributed by atoms with Gasteiger partial charge in [-0.05, 0) is 25.9 Å². The minimum Gasteiger partial charge on any atom is -0.317 e. The number of rotatable bonds is 0. The minimum atomic E-state index is 1.25. The van der Waals surface area contributed by atoms with Crippen LogP contribution in [0, 0.1) is 0 Å². The van der Waals surface area contributed by atoms with Gasteiger partial charge in [-0.25, -0.2) is 0 Å². The van der Waals surface area contributed by atoms with Crippen LogP contribution >= 0.6 is 0 Å². The predicted octanol–water partition coefficient (Wildman–Crippen LogP) is -0.431. The molecule has 0 atom stereocenters. The standard InChI is InChI=1S/C4H9N.CH2N4/c2*1-2-4-5-3-1/h5H,1-4H2;1H,(H,2,3,4,5). The van der Waals surface area contributed by atoms with Gasteiger partial charge in [0.15, 0.2) is 6.33 Å². The van der Waals surface area contributed by atoms with Crippen LogP contribution in [0.2, 0.25) is 0 Å². The first-order chi connectivity index (χ1) is 5.00. The SMILES string of the molecule is C1CCNC1.c1nn[nH]n1. The van der Waals surface area contributed by atoms with Crippen LogP contribution in [0.5, 0.6) is 0 Å². The van der Waals surface area contributed by atoms with E-state index in [1.807, 2.05) is 0 Å². The van der Waals surface area contributed by atoms with E-state index in [0.29, 0.717) is 0 Å². The Morgan fingerprint density at radius 1 is 1.20 bits per heavy atom. The van der Waals surface area contributed by atoms with Crippen molar-refractivity contribution in [2.45, 2.75) is 12.8 Å². The van der Waals surface area contributed by atoms with Gasteiger partial charge in [0.1, 0.15) is 0 Å². The molecule has 0 aliphatic carbocycles. The molecule has 2 rings (SSSR count). The molecule has 2 heterocycles. The summed E-state index contributed by atoms with van der Waals surface area (Å²) in [4.78, 5) is 0. The molecule has 1 aliphatic heterocycles. The summed E-state index contributed by atoms with van der Waals surface area (Å²) in [6.45, 7) is 2.50. The lowest BCUT2D eigenvalue weighted by molar-refractivity contribution is 0.857. The number of nitrogens with one attached hydrogen (secondary N) is 2. The van der Waals surface area contributed by atoms with Gasteiger partial charge in [-0.3, -0.25) is 0 Å². The molecule has 0 unspecified atom stereocenters. The summed E-state index contributed by atoms with van der Waals surface area (Å²) >= 11 is 0. The zero-order valence-corrected chi connectivity index (χ0v) is 5.75. The van der Waals surface area contributed by atoms with E-state index < -0.39 is 0 Å². The molecule has 0 spiro atoms. The van der Waals surface area contributed by atoms with E-state index in [2.05, 4.69) is 25.9 Å². The molecule has 1 aliphatic rings. The van der Waals surface area contributed by atoms with Crippen molar-refractivity contribution in [3.05, 3.63) is 6.33 Å². The molecule has 1 fully saturated rings. The Labute approximate surface area is 59.2 Å². The van der Waals surface area contributed by atoms with Gasteiger partial charge in [0.25, 0.3) is 0 Å². The molecule has 1 saturated heterocycles. The predicted molar refractivity (Wildman–Crippen MR) is 36.3 cm³/mol. The Hall–Kier alpha value is -0.970. The summed E-state index contributed by atoms with van der Waals surface area (Å²) in [5.41, 5.74) is 0.